The molecular formula is C9H11NO2. The van der Waals surface area contributed by atoms with Crippen LogP contribution in [0.5, 0.6) is 0 Å². The number of nitrogens with zero attached hydrogens (tertiary/aromatic N) is 1. The maximum atomic E-state index is 8.41. The first kappa shape index (κ1) is 8.74. The highest BCUT2D eigenvalue weighted by molar-refractivity contribution is 5.46. The van der Waals surface area contributed by atoms with Gasteiger partial charge in [-0.25, -0.2) is 0 Å². The largest absolute Gasteiger partial charge is 0.392 e. The van der Waals surface area contributed by atoms with Gasteiger partial charge in [-0.15, -0.1) is 0 Å². The smallest absolute Gasteiger partial charge is 0.134 e. The number of aliphatic hydroxyl groups excluding tert-OH is 1. The number of rotatable bonds is 3. The fourth-order valence-electron chi connectivity index (χ4n) is 0.758. The summed E-state index contributed by atoms with van der Waals surface area (Å²) in [6.07, 6.45) is 7.00. The van der Waals surface area contributed by atoms with Gasteiger partial charge in [0.2, 0.25) is 0 Å². The van der Waals surface area contributed by atoms with E-state index in [2.05, 4.69) is 5.16 Å². The van der Waals surface area contributed by atoms with Crippen LogP contribution in [0.2, 0.25) is 0 Å². The molecule has 0 saturated heterocycles. The topological polar surface area (TPSA) is 46.3 Å². The first-order valence-electron chi connectivity index (χ1n) is 3.70. The summed E-state index contributed by atoms with van der Waals surface area (Å²) in [5.74, 6) is 0.792. The Labute approximate surface area is 71.0 Å². The van der Waals surface area contributed by atoms with Crippen LogP contribution >= 0.6 is 0 Å². The van der Waals surface area contributed by atoms with Crippen LogP contribution in [0.4, 0.5) is 0 Å². The van der Waals surface area contributed by atoms with Crippen molar-refractivity contribution in [3.05, 3.63) is 35.7 Å². The predicted octanol–water partition coefficient (Wildman–Crippen LogP) is 1.54. The summed E-state index contributed by atoms with van der Waals surface area (Å²) >= 11 is 0. The van der Waals surface area contributed by atoms with Crippen molar-refractivity contribution in [2.45, 2.75) is 6.92 Å². The lowest BCUT2D eigenvalue weighted by Crippen LogP contribution is -1.69. The second-order valence-electron chi connectivity index (χ2n) is 2.33. The Balaban J connectivity index is 2.51. The first-order valence-corrected chi connectivity index (χ1v) is 3.70. The molecule has 64 valence electrons. The zero-order valence-electron chi connectivity index (χ0n) is 6.90. The van der Waals surface area contributed by atoms with Gasteiger partial charge >= 0.3 is 0 Å². The van der Waals surface area contributed by atoms with Gasteiger partial charge in [-0.2, -0.15) is 0 Å². The third-order valence-electron chi connectivity index (χ3n) is 1.27. The Morgan fingerprint density at radius 3 is 3.00 bits per heavy atom. The third kappa shape index (κ3) is 2.72. The summed E-state index contributed by atoms with van der Waals surface area (Å²) in [7, 11) is 0. The lowest BCUT2D eigenvalue weighted by molar-refractivity contribution is 0.343. The van der Waals surface area contributed by atoms with Crippen molar-refractivity contribution in [3.63, 3.8) is 0 Å². The van der Waals surface area contributed by atoms with Gasteiger partial charge in [0.05, 0.1) is 6.61 Å². The molecule has 0 amide bonds. The lowest BCUT2D eigenvalue weighted by atomic mass is 10.3. The molecule has 1 rings (SSSR count). The van der Waals surface area contributed by atoms with E-state index >= 15 is 0 Å². The second-order valence-corrected chi connectivity index (χ2v) is 2.33. The van der Waals surface area contributed by atoms with Gasteiger partial charge < -0.3 is 9.63 Å². The highest BCUT2D eigenvalue weighted by atomic mass is 16.5. The van der Waals surface area contributed by atoms with Crippen LogP contribution in [0.15, 0.2) is 28.8 Å². The molecule has 0 fully saturated rings. The lowest BCUT2D eigenvalue weighted by Gasteiger charge is -1.76. The zero-order chi connectivity index (χ0) is 8.81. The molecule has 0 spiro atoms. The summed E-state index contributed by atoms with van der Waals surface area (Å²) in [5.41, 5.74) is 0.787. The number of hydrogen-bond donors (Lipinski definition) is 1. The fraction of sp³-hybridized carbons (Fsp3) is 0.222. The van der Waals surface area contributed by atoms with Crippen molar-refractivity contribution < 1.29 is 9.63 Å². The summed E-state index contributed by atoms with van der Waals surface area (Å²) in [6, 6.07) is 1.84. The maximum Gasteiger partial charge on any atom is 0.134 e. The third-order valence-corrected chi connectivity index (χ3v) is 1.27. The average molecular weight is 165 g/mol. The Morgan fingerprint density at radius 1 is 1.58 bits per heavy atom. The molecule has 0 saturated carbocycles. The van der Waals surface area contributed by atoms with Crippen LogP contribution in [0.1, 0.15) is 11.5 Å². The van der Waals surface area contributed by atoms with Crippen LogP contribution in [-0.4, -0.2) is 16.9 Å². The molecule has 0 aliphatic heterocycles. The van der Waals surface area contributed by atoms with Gasteiger partial charge in [-0.1, -0.05) is 23.4 Å². The molecule has 0 aromatic carbocycles. The van der Waals surface area contributed by atoms with Crippen molar-refractivity contribution in [2.75, 3.05) is 6.61 Å². The molecule has 0 atom stereocenters. The van der Waals surface area contributed by atoms with Crippen molar-refractivity contribution in [1.29, 1.82) is 0 Å². The first-order chi connectivity index (χ1) is 5.83. The standard InChI is InChI=1S/C9H11NO2/c1-8-7-9(10-12-8)5-3-2-4-6-11/h2-5,7,11H,6H2,1H3/b4-2-,5-3+. The van der Waals surface area contributed by atoms with Gasteiger partial charge in [-0.05, 0) is 13.0 Å². The van der Waals surface area contributed by atoms with E-state index in [4.69, 9.17) is 9.63 Å². The van der Waals surface area contributed by atoms with Crippen molar-refractivity contribution >= 4 is 6.08 Å². The molecule has 0 bridgehead atoms. The summed E-state index contributed by atoms with van der Waals surface area (Å²) in [6.45, 7) is 1.90. The molecule has 1 heterocycles. The van der Waals surface area contributed by atoms with Gasteiger partial charge in [-0.3, -0.25) is 0 Å². The van der Waals surface area contributed by atoms with Gasteiger partial charge in [0.25, 0.3) is 0 Å². The van der Waals surface area contributed by atoms with Crippen molar-refractivity contribution in [3.8, 4) is 0 Å². The number of hydrogen-bond acceptors (Lipinski definition) is 3. The summed E-state index contributed by atoms with van der Waals surface area (Å²) in [4.78, 5) is 0. The van der Waals surface area contributed by atoms with E-state index in [1.54, 1.807) is 18.2 Å². The van der Waals surface area contributed by atoms with E-state index in [1.165, 1.54) is 0 Å². The van der Waals surface area contributed by atoms with Gasteiger partial charge in [0.15, 0.2) is 0 Å². The molecule has 1 aromatic rings. The van der Waals surface area contributed by atoms with Gasteiger partial charge in [0, 0.05) is 6.07 Å². The second kappa shape index (κ2) is 4.51. The monoisotopic (exact) mass is 165 g/mol. The molecule has 1 N–H and O–H groups in total. The minimum Gasteiger partial charge on any atom is -0.392 e. The normalized spacial score (nSPS) is 11.8. The van der Waals surface area contributed by atoms with E-state index in [1.807, 2.05) is 19.1 Å². The predicted molar refractivity (Wildman–Crippen MR) is 46.5 cm³/mol. The summed E-state index contributed by atoms with van der Waals surface area (Å²) < 4.78 is 4.85. The van der Waals surface area contributed by atoms with Crippen LogP contribution in [0, 0.1) is 6.92 Å². The number of aromatic nitrogens is 1. The Bertz CT molecular complexity index is 286. The molecule has 0 radical (unpaired) electrons. The Hall–Kier alpha value is -1.35. The minimum absolute atomic E-state index is 0.0577. The highest BCUT2D eigenvalue weighted by Crippen LogP contribution is 2.02. The maximum absolute atomic E-state index is 8.41. The highest BCUT2D eigenvalue weighted by Gasteiger charge is 1.92. The van der Waals surface area contributed by atoms with E-state index in [0.717, 1.165) is 11.5 Å². The van der Waals surface area contributed by atoms with Crippen molar-refractivity contribution in [2.24, 2.45) is 0 Å². The molecule has 0 aliphatic carbocycles. The van der Waals surface area contributed by atoms with Crippen LogP contribution < -0.4 is 0 Å². The molecule has 3 heteroatoms. The number of allylic oxidation sites excluding steroid dienone is 2. The fourth-order valence-corrected chi connectivity index (χ4v) is 0.758. The molecule has 1 aromatic heterocycles. The molecule has 0 unspecified atom stereocenters. The molecular weight excluding hydrogens is 154 g/mol. The Morgan fingerprint density at radius 2 is 2.42 bits per heavy atom. The number of aliphatic hydroxyl groups is 1. The van der Waals surface area contributed by atoms with Crippen LogP contribution in [-0.2, 0) is 0 Å². The average Bonchev–Trinajstić information content (AvgIpc) is 2.45. The SMILES string of the molecule is Cc1cc(/C=C/C=C\CO)no1. The molecule has 0 aliphatic rings. The number of aryl methyl sites for hydroxylation is 1. The van der Waals surface area contributed by atoms with Crippen LogP contribution in [0.3, 0.4) is 0 Å². The van der Waals surface area contributed by atoms with E-state index < -0.39 is 0 Å². The van der Waals surface area contributed by atoms with Crippen LogP contribution in [0.25, 0.3) is 6.08 Å². The molecule has 12 heavy (non-hydrogen) atoms. The minimum atomic E-state index is 0.0577. The van der Waals surface area contributed by atoms with Crippen molar-refractivity contribution in [1.82, 2.24) is 5.16 Å². The van der Waals surface area contributed by atoms with Gasteiger partial charge in [0.1, 0.15) is 11.5 Å². The van der Waals surface area contributed by atoms with E-state index in [-0.39, 0.29) is 6.61 Å². The van der Waals surface area contributed by atoms with E-state index in [0.29, 0.717) is 0 Å². The molecule has 3 nitrogen and oxygen atoms in total. The zero-order valence-corrected chi connectivity index (χ0v) is 6.90. The quantitative estimate of drug-likeness (QED) is 0.691. The Kier molecular flexibility index (Phi) is 3.29. The van der Waals surface area contributed by atoms with E-state index in [9.17, 15) is 0 Å². The summed E-state index contributed by atoms with van der Waals surface area (Å²) in [5, 5.41) is 12.2.